The summed E-state index contributed by atoms with van der Waals surface area (Å²) < 4.78 is 0. The van der Waals surface area contributed by atoms with Gasteiger partial charge in [0.1, 0.15) is 0 Å². The molecule has 3 rings (SSSR count). The molecule has 0 aliphatic carbocycles. The van der Waals surface area contributed by atoms with Gasteiger partial charge in [0.15, 0.2) is 0 Å². The number of hydrogen-bond acceptors (Lipinski definition) is 1. The summed E-state index contributed by atoms with van der Waals surface area (Å²) in [6.07, 6.45) is 0.267. The second-order valence-corrected chi connectivity index (χ2v) is 4.75. The van der Waals surface area contributed by atoms with Crippen LogP contribution in [0.15, 0.2) is 54.6 Å². The summed E-state index contributed by atoms with van der Waals surface area (Å²) in [6, 6.07) is 18.3. The predicted molar refractivity (Wildman–Crippen MR) is 76.0 cm³/mol. The lowest BCUT2D eigenvalue weighted by Gasteiger charge is -2.09. The van der Waals surface area contributed by atoms with E-state index in [9.17, 15) is 4.79 Å². The summed E-state index contributed by atoms with van der Waals surface area (Å²) in [6.45, 7) is 0. The van der Waals surface area contributed by atoms with Crippen LogP contribution >= 0.6 is 11.6 Å². The van der Waals surface area contributed by atoms with Gasteiger partial charge in [0, 0.05) is 6.42 Å². The van der Waals surface area contributed by atoms with E-state index < -0.39 is 0 Å². The molecule has 3 aromatic carbocycles. The number of benzene rings is 3. The van der Waals surface area contributed by atoms with Gasteiger partial charge in [-0.3, -0.25) is 4.79 Å². The van der Waals surface area contributed by atoms with Crippen molar-refractivity contribution in [3.8, 4) is 0 Å². The summed E-state index contributed by atoms with van der Waals surface area (Å²) in [5, 5.41) is 4.17. The molecule has 0 bridgehead atoms. The van der Waals surface area contributed by atoms with Crippen molar-refractivity contribution in [3.63, 3.8) is 0 Å². The van der Waals surface area contributed by atoms with Crippen LogP contribution in [0.5, 0.6) is 0 Å². The van der Waals surface area contributed by atoms with Crippen molar-refractivity contribution in [1.29, 1.82) is 0 Å². The van der Waals surface area contributed by atoms with Crippen molar-refractivity contribution in [2.24, 2.45) is 0 Å². The van der Waals surface area contributed by atoms with Gasteiger partial charge in [-0.25, -0.2) is 0 Å². The fourth-order valence-corrected chi connectivity index (χ4v) is 2.57. The zero-order valence-corrected chi connectivity index (χ0v) is 10.4. The molecule has 0 unspecified atom stereocenters. The molecule has 0 atom stereocenters. The van der Waals surface area contributed by atoms with Gasteiger partial charge in [-0.05, 0) is 44.8 Å². The highest BCUT2D eigenvalue weighted by atomic mass is 35.5. The summed E-state index contributed by atoms with van der Waals surface area (Å²) in [5.41, 5.74) is 1.02. The van der Waals surface area contributed by atoms with Crippen molar-refractivity contribution < 1.29 is 4.79 Å². The number of carbonyl (C=O) groups is 1. The zero-order valence-electron chi connectivity index (χ0n) is 9.69. The summed E-state index contributed by atoms with van der Waals surface area (Å²) in [4.78, 5) is 11.3. The Morgan fingerprint density at radius 1 is 0.889 bits per heavy atom. The molecule has 0 aliphatic rings. The second-order valence-electron chi connectivity index (χ2n) is 4.33. The Morgan fingerprint density at radius 2 is 1.39 bits per heavy atom. The number of hydrogen-bond donors (Lipinski definition) is 0. The largest absolute Gasteiger partial charge is 0.281 e. The molecule has 18 heavy (non-hydrogen) atoms. The van der Waals surface area contributed by atoms with Crippen LogP contribution in [0.4, 0.5) is 0 Å². The van der Waals surface area contributed by atoms with Gasteiger partial charge in [-0.1, -0.05) is 48.5 Å². The quantitative estimate of drug-likeness (QED) is 0.492. The predicted octanol–water partition coefficient (Wildman–Crippen LogP) is 4.30. The normalized spacial score (nSPS) is 10.9. The van der Waals surface area contributed by atoms with E-state index in [2.05, 4.69) is 18.2 Å². The second kappa shape index (κ2) is 4.43. The Morgan fingerprint density at radius 3 is 1.89 bits per heavy atom. The van der Waals surface area contributed by atoms with Gasteiger partial charge in [0.25, 0.3) is 0 Å². The molecule has 0 spiro atoms. The van der Waals surface area contributed by atoms with Crippen LogP contribution in [-0.4, -0.2) is 5.24 Å². The molecule has 0 fully saturated rings. The first kappa shape index (κ1) is 11.2. The highest BCUT2D eigenvalue weighted by Crippen LogP contribution is 2.29. The van der Waals surface area contributed by atoms with E-state index in [0.717, 1.165) is 27.1 Å². The number of halogens is 1. The first-order valence-corrected chi connectivity index (χ1v) is 6.21. The fourth-order valence-electron chi connectivity index (χ4n) is 2.44. The van der Waals surface area contributed by atoms with E-state index in [1.54, 1.807) is 0 Å². The van der Waals surface area contributed by atoms with Gasteiger partial charge < -0.3 is 0 Å². The van der Waals surface area contributed by atoms with Gasteiger partial charge in [-0.15, -0.1) is 0 Å². The Bertz CT molecular complexity index is 692. The van der Waals surface area contributed by atoms with E-state index in [1.165, 1.54) is 0 Å². The minimum atomic E-state index is -0.323. The van der Waals surface area contributed by atoms with E-state index >= 15 is 0 Å². The highest BCUT2D eigenvalue weighted by Gasteiger charge is 2.09. The Hall–Kier alpha value is -1.86. The third-order valence-corrected chi connectivity index (χ3v) is 3.33. The van der Waals surface area contributed by atoms with Crippen molar-refractivity contribution in [1.82, 2.24) is 0 Å². The molecular weight excluding hydrogens is 244 g/mol. The number of fused-ring (bicyclic) bond motifs is 2. The van der Waals surface area contributed by atoms with E-state index in [-0.39, 0.29) is 11.7 Å². The molecule has 0 saturated carbocycles. The molecule has 0 radical (unpaired) electrons. The maximum atomic E-state index is 11.3. The molecule has 1 nitrogen and oxygen atoms in total. The molecule has 0 amide bonds. The Balaban J connectivity index is 2.45. The minimum absolute atomic E-state index is 0.267. The minimum Gasteiger partial charge on any atom is -0.281 e. The number of carbonyl (C=O) groups excluding carboxylic acids is 1. The van der Waals surface area contributed by atoms with Crippen LogP contribution in [0.2, 0.25) is 0 Å². The molecule has 0 heterocycles. The van der Waals surface area contributed by atoms with E-state index in [4.69, 9.17) is 11.6 Å². The third kappa shape index (κ3) is 1.87. The van der Waals surface area contributed by atoms with Crippen molar-refractivity contribution in [2.45, 2.75) is 6.42 Å². The van der Waals surface area contributed by atoms with Gasteiger partial charge in [0.05, 0.1) is 0 Å². The van der Waals surface area contributed by atoms with Crippen LogP contribution in [-0.2, 0) is 11.2 Å². The highest BCUT2D eigenvalue weighted by molar-refractivity contribution is 6.63. The van der Waals surface area contributed by atoms with Crippen LogP contribution in [0.25, 0.3) is 21.5 Å². The lowest BCUT2D eigenvalue weighted by atomic mass is 9.95. The number of rotatable bonds is 2. The smallest absolute Gasteiger partial charge is 0.226 e. The topological polar surface area (TPSA) is 17.1 Å². The van der Waals surface area contributed by atoms with Crippen molar-refractivity contribution in [2.75, 3.05) is 0 Å². The molecule has 0 saturated heterocycles. The van der Waals surface area contributed by atoms with Crippen LogP contribution in [0, 0.1) is 0 Å². The van der Waals surface area contributed by atoms with Gasteiger partial charge in [-0.2, -0.15) is 0 Å². The summed E-state index contributed by atoms with van der Waals surface area (Å²) in [7, 11) is 0. The van der Waals surface area contributed by atoms with Gasteiger partial charge in [0.2, 0.25) is 5.24 Å². The molecule has 0 aliphatic heterocycles. The average Bonchev–Trinajstić information content (AvgIpc) is 2.38. The fraction of sp³-hybridized carbons (Fsp3) is 0.0625. The third-order valence-electron chi connectivity index (χ3n) is 3.20. The zero-order chi connectivity index (χ0) is 12.5. The Kier molecular flexibility index (Phi) is 2.77. The molecule has 3 aromatic rings. The maximum Gasteiger partial charge on any atom is 0.226 e. The van der Waals surface area contributed by atoms with E-state index in [0.29, 0.717) is 0 Å². The van der Waals surface area contributed by atoms with Gasteiger partial charge >= 0.3 is 0 Å². The molecule has 0 N–H and O–H groups in total. The van der Waals surface area contributed by atoms with Crippen LogP contribution < -0.4 is 0 Å². The first-order valence-electron chi connectivity index (χ1n) is 5.83. The molecular formula is C16H11ClO. The standard InChI is InChI=1S/C16H11ClO/c17-16(18)10-15-13-7-3-1-5-11(13)9-12-6-2-4-8-14(12)15/h1-9H,10H2. The van der Waals surface area contributed by atoms with Crippen molar-refractivity contribution in [3.05, 3.63) is 60.2 Å². The maximum absolute atomic E-state index is 11.3. The molecule has 88 valence electrons. The monoisotopic (exact) mass is 254 g/mol. The Labute approximate surface area is 110 Å². The SMILES string of the molecule is O=C(Cl)Cc1c2ccccc2cc2ccccc12. The first-order chi connectivity index (χ1) is 8.75. The summed E-state index contributed by atoms with van der Waals surface area (Å²) >= 11 is 5.57. The van der Waals surface area contributed by atoms with Crippen molar-refractivity contribution >= 4 is 38.4 Å². The van der Waals surface area contributed by atoms with Crippen LogP contribution in [0.1, 0.15) is 5.56 Å². The lowest BCUT2D eigenvalue weighted by molar-refractivity contribution is -0.111. The van der Waals surface area contributed by atoms with E-state index in [1.807, 2.05) is 36.4 Å². The summed E-state index contributed by atoms with van der Waals surface area (Å²) in [5.74, 6) is 0. The average molecular weight is 255 g/mol. The molecule has 2 heteroatoms. The lowest BCUT2D eigenvalue weighted by Crippen LogP contribution is -1.96. The van der Waals surface area contributed by atoms with Crippen LogP contribution in [0.3, 0.4) is 0 Å². The molecule has 0 aromatic heterocycles.